The molecule has 112 valence electrons. The van der Waals surface area contributed by atoms with Crippen molar-refractivity contribution >= 4 is 11.6 Å². The summed E-state index contributed by atoms with van der Waals surface area (Å²) in [4.78, 5) is 0. The van der Waals surface area contributed by atoms with Gasteiger partial charge in [-0.3, -0.25) is 0 Å². The monoisotopic (exact) mass is 303 g/mol. The van der Waals surface area contributed by atoms with Gasteiger partial charge in [0.2, 0.25) is 0 Å². The largest absolute Gasteiger partial charge is 0.388 e. The minimum absolute atomic E-state index is 0.137. The lowest BCUT2D eigenvalue weighted by Gasteiger charge is -2.25. The van der Waals surface area contributed by atoms with Crippen molar-refractivity contribution in [3.05, 3.63) is 69.2 Å². The van der Waals surface area contributed by atoms with Crippen molar-refractivity contribution in [1.29, 1.82) is 0 Å². The third-order valence-corrected chi connectivity index (χ3v) is 4.22. The molecule has 0 heterocycles. The quantitative estimate of drug-likeness (QED) is 0.895. The molecule has 2 unspecified atom stereocenters. The Balaban J connectivity index is 2.41. The van der Waals surface area contributed by atoms with Gasteiger partial charge in [-0.2, -0.15) is 0 Å². The number of aliphatic hydroxyl groups excluding tert-OH is 1. The van der Waals surface area contributed by atoms with Gasteiger partial charge in [-0.25, -0.2) is 0 Å². The second kappa shape index (κ2) is 6.61. The van der Waals surface area contributed by atoms with Gasteiger partial charge in [0.15, 0.2) is 0 Å². The Morgan fingerprint density at radius 2 is 1.57 bits per heavy atom. The van der Waals surface area contributed by atoms with Gasteiger partial charge in [0.05, 0.1) is 6.10 Å². The van der Waals surface area contributed by atoms with Crippen LogP contribution in [0.2, 0.25) is 5.02 Å². The average molecular weight is 304 g/mol. The Labute approximate surface area is 131 Å². The van der Waals surface area contributed by atoms with Crippen LogP contribution in [0, 0.1) is 20.8 Å². The fraction of sp³-hybridized carbons (Fsp3) is 0.333. The molecule has 0 saturated heterocycles. The zero-order valence-electron chi connectivity index (χ0n) is 12.7. The van der Waals surface area contributed by atoms with Crippen molar-refractivity contribution in [2.75, 3.05) is 6.54 Å². The molecule has 0 radical (unpaired) electrons. The summed E-state index contributed by atoms with van der Waals surface area (Å²) < 4.78 is 0. The molecule has 2 aromatic rings. The van der Waals surface area contributed by atoms with Gasteiger partial charge in [-0.15, -0.1) is 0 Å². The van der Waals surface area contributed by atoms with Crippen LogP contribution in [0.5, 0.6) is 0 Å². The molecule has 0 aliphatic heterocycles. The van der Waals surface area contributed by atoms with Crippen LogP contribution in [0.4, 0.5) is 0 Å². The van der Waals surface area contributed by atoms with Crippen LogP contribution >= 0.6 is 11.6 Å². The molecule has 3 N–H and O–H groups in total. The van der Waals surface area contributed by atoms with Crippen LogP contribution in [0.1, 0.15) is 39.8 Å². The van der Waals surface area contributed by atoms with Gasteiger partial charge in [-0.05, 0) is 55.2 Å². The maximum absolute atomic E-state index is 10.8. The highest BCUT2D eigenvalue weighted by molar-refractivity contribution is 6.30. The highest BCUT2D eigenvalue weighted by Crippen LogP contribution is 2.34. The lowest BCUT2D eigenvalue weighted by Crippen LogP contribution is -2.21. The summed E-state index contributed by atoms with van der Waals surface area (Å²) in [5, 5.41) is 11.5. The van der Waals surface area contributed by atoms with Crippen LogP contribution in [0.15, 0.2) is 36.4 Å². The first-order chi connectivity index (χ1) is 9.93. The summed E-state index contributed by atoms with van der Waals surface area (Å²) in [6.45, 7) is 6.52. The molecule has 0 amide bonds. The summed E-state index contributed by atoms with van der Waals surface area (Å²) in [6, 6.07) is 11.7. The lowest BCUT2D eigenvalue weighted by atomic mass is 9.85. The molecule has 2 rings (SSSR count). The van der Waals surface area contributed by atoms with E-state index in [0.29, 0.717) is 11.6 Å². The molecule has 0 saturated carbocycles. The number of aliphatic hydroxyl groups is 1. The van der Waals surface area contributed by atoms with Crippen LogP contribution < -0.4 is 5.73 Å². The zero-order chi connectivity index (χ0) is 15.6. The van der Waals surface area contributed by atoms with Crippen LogP contribution in [0.25, 0.3) is 0 Å². The lowest BCUT2D eigenvalue weighted by molar-refractivity contribution is 0.146. The standard InChI is InChI=1S/C18H22ClNO/c1-11-8-12(2)17(13(3)9-11)18(21)16(10-20)14-4-6-15(19)7-5-14/h4-9,16,18,21H,10,20H2,1-3H3. The minimum atomic E-state index is -0.614. The van der Waals surface area contributed by atoms with Gasteiger partial charge >= 0.3 is 0 Å². The average Bonchev–Trinajstić information content (AvgIpc) is 2.40. The molecule has 0 aromatic heterocycles. The van der Waals surface area contributed by atoms with Crippen LogP contribution in [-0.4, -0.2) is 11.7 Å². The highest BCUT2D eigenvalue weighted by Gasteiger charge is 2.24. The highest BCUT2D eigenvalue weighted by atomic mass is 35.5. The second-order valence-electron chi connectivity index (χ2n) is 5.65. The topological polar surface area (TPSA) is 46.2 Å². The molecule has 2 atom stereocenters. The molecule has 0 bridgehead atoms. The molecule has 0 spiro atoms. The van der Waals surface area contributed by atoms with Crippen LogP contribution in [-0.2, 0) is 0 Å². The van der Waals surface area contributed by atoms with E-state index >= 15 is 0 Å². The maximum Gasteiger partial charge on any atom is 0.0875 e. The number of hydrogen-bond donors (Lipinski definition) is 2. The van der Waals surface area contributed by atoms with Crippen molar-refractivity contribution in [2.45, 2.75) is 32.8 Å². The third-order valence-electron chi connectivity index (χ3n) is 3.97. The van der Waals surface area contributed by atoms with E-state index in [2.05, 4.69) is 19.1 Å². The summed E-state index contributed by atoms with van der Waals surface area (Å²) >= 11 is 5.93. The first-order valence-corrected chi connectivity index (χ1v) is 7.53. The van der Waals surface area contributed by atoms with E-state index in [-0.39, 0.29) is 5.92 Å². The summed E-state index contributed by atoms with van der Waals surface area (Å²) in [6.07, 6.45) is -0.614. The predicted octanol–water partition coefficient (Wildman–Crippen LogP) is 4.04. The molecule has 0 aliphatic rings. The number of nitrogens with two attached hydrogens (primary N) is 1. The number of benzene rings is 2. The molecule has 2 aromatic carbocycles. The number of rotatable bonds is 4. The molecule has 3 heteroatoms. The van der Waals surface area contributed by atoms with Crippen molar-refractivity contribution in [3.63, 3.8) is 0 Å². The maximum atomic E-state index is 10.8. The van der Waals surface area contributed by atoms with Crippen LogP contribution in [0.3, 0.4) is 0 Å². The summed E-state index contributed by atoms with van der Waals surface area (Å²) in [7, 11) is 0. The Bertz CT molecular complexity index is 599. The molecule has 0 aliphatic carbocycles. The number of halogens is 1. The van der Waals surface area contributed by atoms with Gasteiger partial charge in [0.1, 0.15) is 0 Å². The van der Waals surface area contributed by atoms with E-state index in [1.165, 1.54) is 5.56 Å². The predicted molar refractivity (Wildman–Crippen MR) is 88.9 cm³/mol. The molecular weight excluding hydrogens is 282 g/mol. The van der Waals surface area contributed by atoms with E-state index < -0.39 is 6.10 Å². The first kappa shape index (κ1) is 16.0. The molecule has 0 fully saturated rings. The van der Waals surface area contributed by atoms with E-state index in [0.717, 1.165) is 22.3 Å². The first-order valence-electron chi connectivity index (χ1n) is 7.15. The normalized spacial score (nSPS) is 14.0. The van der Waals surface area contributed by atoms with Gasteiger partial charge in [0.25, 0.3) is 0 Å². The van der Waals surface area contributed by atoms with E-state index in [1.807, 2.05) is 38.1 Å². The van der Waals surface area contributed by atoms with E-state index in [4.69, 9.17) is 17.3 Å². The Morgan fingerprint density at radius 3 is 2.05 bits per heavy atom. The fourth-order valence-electron chi connectivity index (χ4n) is 3.02. The smallest absolute Gasteiger partial charge is 0.0875 e. The van der Waals surface area contributed by atoms with Crippen molar-refractivity contribution in [2.24, 2.45) is 5.73 Å². The Morgan fingerprint density at radius 1 is 1.05 bits per heavy atom. The molecular formula is C18H22ClNO. The van der Waals surface area contributed by atoms with Gasteiger partial charge in [-0.1, -0.05) is 41.4 Å². The van der Waals surface area contributed by atoms with E-state index in [9.17, 15) is 5.11 Å². The fourth-order valence-corrected chi connectivity index (χ4v) is 3.14. The number of aryl methyl sites for hydroxylation is 3. The Hall–Kier alpha value is -1.35. The van der Waals surface area contributed by atoms with Gasteiger partial charge < -0.3 is 10.8 Å². The second-order valence-corrected chi connectivity index (χ2v) is 6.09. The van der Waals surface area contributed by atoms with Crippen molar-refractivity contribution in [1.82, 2.24) is 0 Å². The summed E-state index contributed by atoms with van der Waals surface area (Å²) in [5.74, 6) is -0.137. The minimum Gasteiger partial charge on any atom is -0.388 e. The van der Waals surface area contributed by atoms with Crippen molar-refractivity contribution in [3.8, 4) is 0 Å². The Kier molecular flexibility index (Phi) is 5.04. The third kappa shape index (κ3) is 3.46. The van der Waals surface area contributed by atoms with Gasteiger partial charge in [0, 0.05) is 17.5 Å². The zero-order valence-corrected chi connectivity index (χ0v) is 13.5. The van der Waals surface area contributed by atoms with E-state index in [1.54, 1.807) is 0 Å². The molecule has 2 nitrogen and oxygen atoms in total. The number of hydrogen-bond acceptors (Lipinski definition) is 2. The summed E-state index contributed by atoms with van der Waals surface area (Å²) in [5.41, 5.74) is 11.3. The SMILES string of the molecule is Cc1cc(C)c(C(O)C(CN)c2ccc(Cl)cc2)c(C)c1. The van der Waals surface area contributed by atoms with Crippen molar-refractivity contribution < 1.29 is 5.11 Å². The molecule has 21 heavy (non-hydrogen) atoms.